The lowest BCUT2D eigenvalue weighted by atomic mass is 9.78. The maximum absolute atomic E-state index is 6.27. The molecule has 100 valence electrons. The maximum Gasteiger partial charge on any atom is 0.0171 e. The first-order valence-electron chi connectivity index (χ1n) is 7.24. The number of nitrogens with two attached hydrogens (primary N) is 1. The second kappa shape index (κ2) is 5.32. The highest BCUT2D eigenvalue weighted by Crippen LogP contribution is 2.34. The van der Waals surface area contributed by atoms with Crippen molar-refractivity contribution < 1.29 is 0 Å². The van der Waals surface area contributed by atoms with Crippen molar-refractivity contribution in [3.8, 4) is 0 Å². The standard InChI is InChI=1S/C15H24N2S/c1-11-4-5-15(11)17-9-12(7-13(16)10-17)8-14-3-2-6-18-14/h2-3,6,11-13,15H,4-5,7-10,16H2,1H3. The minimum absolute atomic E-state index is 0.386. The monoisotopic (exact) mass is 264 g/mol. The zero-order valence-electron chi connectivity index (χ0n) is 11.2. The van der Waals surface area contributed by atoms with E-state index in [4.69, 9.17) is 5.73 Å². The summed E-state index contributed by atoms with van der Waals surface area (Å²) < 4.78 is 0. The van der Waals surface area contributed by atoms with Crippen LogP contribution in [0.2, 0.25) is 0 Å². The quantitative estimate of drug-likeness (QED) is 0.909. The van der Waals surface area contributed by atoms with Crippen molar-refractivity contribution >= 4 is 11.3 Å². The smallest absolute Gasteiger partial charge is 0.0171 e. The number of piperidine rings is 1. The van der Waals surface area contributed by atoms with E-state index in [9.17, 15) is 0 Å². The van der Waals surface area contributed by atoms with Crippen LogP contribution in [0.4, 0.5) is 0 Å². The van der Waals surface area contributed by atoms with E-state index in [0.29, 0.717) is 6.04 Å². The predicted molar refractivity (Wildman–Crippen MR) is 77.9 cm³/mol. The number of hydrogen-bond acceptors (Lipinski definition) is 3. The number of nitrogens with zero attached hydrogens (tertiary/aromatic N) is 1. The molecule has 1 aromatic rings. The van der Waals surface area contributed by atoms with Gasteiger partial charge in [0.25, 0.3) is 0 Å². The number of hydrogen-bond donors (Lipinski definition) is 1. The van der Waals surface area contributed by atoms with E-state index in [0.717, 1.165) is 24.4 Å². The Morgan fingerprint density at radius 1 is 1.39 bits per heavy atom. The Morgan fingerprint density at radius 3 is 2.89 bits per heavy atom. The first-order valence-corrected chi connectivity index (χ1v) is 8.12. The van der Waals surface area contributed by atoms with Crippen LogP contribution in [-0.4, -0.2) is 30.1 Å². The molecule has 0 amide bonds. The van der Waals surface area contributed by atoms with Crippen LogP contribution >= 0.6 is 11.3 Å². The van der Waals surface area contributed by atoms with Crippen molar-refractivity contribution in [2.24, 2.45) is 17.6 Å². The normalized spacial score (nSPS) is 37.4. The summed E-state index contributed by atoms with van der Waals surface area (Å²) in [4.78, 5) is 4.20. The van der Waals surface area contributed by atoms with Crippen molar-refractivity contribution in [1.82, 2.24) is 4.90 Å². The van der Waals surface area contributed by atoms with E-state index in [-0.39, 0.29) is 0 Å². The number of rotatable bonds is 3. The summed E-state index contributed by atoms with van der Waals surface area (Å²) in [5, 5.41) is 2.18. The molecule has 3 rings (SSSR count). The molecule has 1 aromatic heterocycles. The Labute approximate surface area is 114 Å². The van der Waals surface area contributed by atoms with Gasteiger partial charge in [-0.05, 0) is 49.0 Å². The number of likely N-dealkylation sites (tertiary alicyclic amines) is 1. The van der Waals surface area contributed by atoms with Crippen LogP contribution in [0.5, 0.6) is 0 Å². The molecule has 1 saturated carbocycles. The minimum Gasteiger partial charge on any atom is -0.327 e. The molecule has 1 aliphatic heterocycles. The van der Waals surface area contributed by atoms with Crippen molar-refractivity contribution in [2.75, 3.05) is 13.1 Å². The predicted octanol–water partition coefficient (Wildman–Crippen LogP) is 2.74. The third kappa shape index (κ3) is 2.63. The van der Waals surface area contributed by atoms with E-state index < -0.39 is 0 Å². The summed E-state index contributed by atoms with van der Waals surface area (Å²) >= 11 is 1.89. The Morgan fingerprint density at radius 2 is 2.28 bits per heavy atom. The fourth-order valence-electron chi connectivity index (χ4n) is 3.61. The molecule has 18 heavy (non-hydrogen) atoms. The summed E-state index contributed by atoms with van der Waals surface area (Å²) in [6.07, 6.45) is 5.23. The molecule has 2 nitrogen and oxygen atoms in total. The van der Waals surface area contributed by atoms with Gasteiger partial charge in [0.05, 0.1) is 0 Å². The highest BCUT2D eigenvalue weighted by atomic mass is 32.1. The third-order valence-corrected chi connectivity index (χ3v) is 5.61. The molecule has 1 saturated heterocycles. The van der Waals surface area contributed by atoms with Crippen molar-refractivity contribution in [2.45, 2.75) is 44.7 Å². The minimum atomic E-state index is 0.386. The second-order valence-electron chi connectivity index (χ2n) is 6.22. The van der Waals surface area contributed by atoms with Crippen LogP contribution in [-0.2, 0) is 6.42 Å². The van der Waals surface area contributed by atoms with Gasteiger partial charge < -0.3 is 5.73 Å². The summed E-state index contributed by atoms with van der Waals surface area (Å²) in [6.45, 7) is 4.78. The number of thiophene rings is 1. The lowest BCUT2D eigenvalue weighted by molar-refractivity contribution is 0.0290. The van der Waals surface area contributed by atoms with Gasteiger partial charge in [-0.2, -0.15) is 0 Å². The third-order valence-electron chi connectivity index (χ3n) is 4.71. The SMILES string of the molecule is CC1CCC1N1CC(N)CC(Cc2cccs2)C1. The van der Waals surface area contributed by atoms with Crippen molar-refractivity contribution in [3.05, 3.63) is 22.4 Å². The van der Waals surface area contributed by atoms with Gasteiger partial charge in [0, 0.05) is 30.1 Å². The van der Waals surface area contributed by atoms with E-state index >= 15 is 0 Å². The first kappa shape index (κ1) is 12.6. The summed E-state index contributed by atoms with van der Waals surface area (Å²) in [5.74, 6) is 1.65. The van der Waals surface area contributed by atoms with Gasteiger partial charge in [0.2, 0.25) is 0 Å². The van der Waals surface area contributed by atoms with Gasteiger partial charge in [0.1, 0.15) is 0 Å². The molecular formula is C15H24N2S. The lowest BCUT2D eigenvalue weighted by Gasteiger charge is -2.48. The molecule has 2 N–H and O–H groups in total. The summed E-state index contributed by atoms with van der Waals surface area (Å²) in [5.41, 5.74) is 6.27. The zero-order valence-corrected chi connectivity index (χ0v) is 12.0. The van der Waals surface area contributed by atoms with Crippen LogP contribution in [0, 0.1) is 11.8 Å². The Hall–Kier alpha value is -0.380. The molecule has 4 atom stereocenters. The van der Waals surface area contributed by atoms with Gasteiger partial charge in [-0.15, -0.1) is 11.3 Å². The fraction of sp³-hybridized carbons (Fsp3) is 0.733. The molecule has 1 aliphatic carbocycles. The van der Waals surface area contributed by atoms with Crippen LogP contribution in [0.1, 0.15) is 31.1 Å². The van der Waals surface area contributed by atoms with Gasteiger partial charge in [0.15, 0.2) is 0 Å². The topological polar surface area (TPSA) is 29.3 Å². The molecular weight excluding hydrogens is 240 g/mol. The van der Waals surface area contributed by atoms with E-state index in [1.165, 1.54) is 37.1 Å². The molecule has 2 heterocycles. The molecule has 0 radical (unpaired) electrons. The average molecular weight is 264 g/mol. The fourth-order valence-corrected chi connectivity index (χ4v) is 4.43. The first-order chi connectivity index (χ1) is 8.72. The zero-order chi connectivity index (χ0) is 12.5. The van der Waals surface area contributed by atoms with E-state index in [1.807, 2.05) is 11.3 Å². The van der Waals surface area contributed by atoms with Crippen molar-refractivity contribution in [3.63, 3.8) is 0 Å². The van der Waals surface area contributed by atoms with Crippen LogP contribution < -0.4 is 5.73 Å². The largest absolute Gasteiger partial charge is 0.327 e. The Balaban J connectivity index is 1.61. The average Bonchev–Trinajstić information content (AvgIpc) is 2.79. The van der Waals surface area contributed by atoms with Gasteiger partial charge in [-0.1, -0.05) is 13.0 Å². The van der Waals surface area contributed by atoms with Crippen LogP contribution in [0.25, 0.3) is 0 Å². The lowest BCUT2D eigenvalue weighted by Crippen LogP contribution is -2.55. The Kier molecular flexibility index (Phi) is 3.73. The molecule has 0 bridgehead atoms. The Bertz CT molecular complexity index is 376. The molecule has 2 aliphatic rings. The van der Waals surface area contributed by atoms with Crippen LogP contribution in [0.15, 0.2) is 17.5 Å². The van der Waals surface area contributed by atoms with E-state index in [2.05, 4.69) is 29.3 Å². The molecule has 0 spiro atoms. The molecule has 0 aromatic carbocycles. The van der Waals surface area contributed by atoms with Gasteiger partial charge in [-0.25, -0.2) is 0 Å². The highest BCUT2D eigenvalue weighted by molar-refractivity contribution is 7.09. The molecule has 2 fully saturated rings. The summed E-state index contributed by atoms with van der Waals surface area (Å²) in [6, 6.07) is 5.63. The van der Waals surface area contributed by atoms with Crippen LogP contribution in [0.3, 0.4) is 0 Å². The molecule has 3 heteroatoms. The van der Waals surface area contributed by atoms with Crippen molar-refractivity contribution in [1.29, 1.82) is 0 Å². The van der Waals surface area contributed by atoms with E-state index in [1.54, 1.807) is 0 Å². The second-order valence-corrected chi connectivity index (χ2v) is 7.25. The van der Waals surface area contributed by atoms with Gasteiger partial charge >= 0.3 is 0 Å². The molecule has 4 unspecified atom stereocenters. The maximum atomic E-state index is 6.27. The highest BCUT2D eigenvalue weighted by Gasteiger charge is 2.36. The summed E-state index contributed by atoms with van der Waals surface area (Å²) in [7, 11) is 0. The van der Waals surface area contributed by atoms with Gasteiger partial charge in [-0.3, -0.25) is 4.90 Å².